The Labute approximate surface area is 166 Å². The molecule has 0 amide bonds. The first-order valence-electron chi connectivity index (χ1n) is 9.74. The number of fused-ring (bicyclic) bond motifs is 1. The summed E-state index contributed by atoms with van der Waals surface area (Å²) < 4.78 is 17.0. The maximum Gasteiger partial charge on any atom is 0.303 e. The van der Waals surface area contributed by atoms with Gasteiger partial charge in [0.1, 0.15) is 11.5 Å². The van der Waals surface area contributed by atoms with Gasteiger partial charge in [0.05, 0.1) is 20.8 Å². The highest BCUT2D eigenvalue weighted by molar-refractivity contribution is 5.67. The summed E-state index contributed by atoms with van der Waals surface area (Å²) in [5.74, 6) is 1.02. The average Bonchev–Trinajstić information content (AvgIpc) is 3.14. The molecule has 0 bridgehead atoms. The summed E-state index contributed by atoms with van der Waals surface area (Å²) in [7, 11) is 3.36. The third kappa shape index (κ3) is 4.14. The standard InChI is InChI=1S/C23H28O5/c1-4-28-14-15-12-20(26-2)23(21(13-15)27-3)19-10-9-17-16(8-11-22(24)25)6-5-7-18(17)19/h5-7,12-13,19H,4,8-11,14H2,1-3H3,(H,24,25)/t19-/m1/s1. The first-order chi connectivity index (χ1) is 13.6. The Kier molecular flexibility index (Phi) is 6.57. The number of carboxylic acid groups (broad SMARTS) is 1. The van der Waals surface area contributed by atoms with Gasteiger partial charge in [0.2, 0.25) is 0 Å². The molecule has 0 fully saturated rings. The van der Waals surface area contributed by atoms with Crippen LogP contribution in [-0.4, -0.2) is 31.9 Å². The minimum absolute atomic E-state index is 0.153. The molecule has 0 aromatic heterocycles. The van der Waals surface area contributed by atoms with E-state index in [0.29, 0.717) is 19.6 Å². The van der Waals surface area contributed by atoms with Crippen LogP contribution in [0.1, 0.15) is 53.5 Å². The topological polar surface area (TPSA) is 65.0 Å². The molecule has 0 radical (unpaired) electrons. The lowest BCUT2D eigenvalue weighted by Crippen LogP contribution is -2.05. The van der Waals surface area contributed by atoms with Crippen LogP contribution in [-0.2, 0) is 29.0 Å². The van der Waals surface area contributed by atoms with Gasteiger partial charge >= 0.3 is 5.97 Å². The molecule has 0 heterocycles. The molecule has 150 valence electrons. The van der Waals surface area contributed by atoms with E-state index in [0.717, 1.165) is 41.0 Å². The molecule has 0 saturated heterocycles. The van der Waals surface area contributed by atoms with Crippen LogP contribution in [0.5, 0.6) is 11.5 Å². The molecular weight excluding hydrogens is 356 g/mol. The number of ether oxygens (including phenoxy) is 3. The molecule has 1 aliphatic rings. The second-order valence-corrected chi connectivity index (χ2v) is 7.02. The Morgan fingerprint density at radius 2 is 1.89 bits per heavy atom. The van der Waals surface area contributed by atoms with Crippen LogP contribution in [0, 0.1) is 0 Å². The van der Waals surface area contributed by atoms with Gasteiger partial charge in [-0.15, -0.1) is 0 Å². The van der Waals surface area contributed by atoms with E-state index in [1.807, 2.05) is 31.2 Å². The second-order valence-electron chi connectivity index (χ2n) is 7.02. The number of rotatable bonds is 9. The van der Waals surface area contributed by atoms with Gasteiger partial charge in [0.15, 0.2) is 0 Å². The monoisotopic (exact) mass is 384 g/mol. The van der Waals surface area contributed by atoms with Crippen molar-refractivity contribution in [3.63, 3.8) is 0 Å². The van der Waals surface area contributed by atoms with Gasteiger partial charge in [0.25, 0.3) is 0 Å². The van der Waals surface area contributed by atoms with Crippen molar-refractivity contribution in [3.8, 4) is 11.5 Å². The average molecular weight is 384 g/mol. The van der Waals surface area contributed by atoms with Crippen molar-refractivity contribution in [2.24, 2.45) is 0 Å². The van der Waals surface area contributed by atoms with Crippen LogP contribution < -0.4 is 9.47 Å². The van der Waals surface area contributed by atoms with Crippen molar-refractivity contribution in [2.75, 3.05) is 20.8 Å². The maximum absolute atomic E-state index is 11.0. The highest BCUT2D eigenvalue weighted by Gasteiger charge is 2.31. The third-order valence-corrected chi connectivity index (χ3v) is 5.40. The molecule has 0 spiro atoms. The fourth-order valence-electron chi connectivity index (χ4n) is 4.15. The maximum atomic E-state index is 11.0. The lowest BCUT2D eigenvalue weighted by atomic mass is 9.89. The minimum Gasteiger partial charge on any atom is -0.496 e. The van der Waals surface area contributed by atoms with E-state index in [9.17, 15) is 4.79 Å². The first kappa shape index (κ1) is 20.2. The highest BCUT2D eigenvalue weighted by atomic mass is 16.5. The molecule has 2 aromatic carbocycles. The Balaban J connectivity index is 2.00. The Morgan fingerprint density at radius 1 is 1.18 bits per heavy atom. The van der Waals surface area contributed by atoms with E-state index in [-0.39, 0.29) is 12.3 Å². The summed E-state index contributed by atoms with van der Waals surface area (Å²) in [6.07, 6.45) is 2.60. The number of aryl methyl sites for hydroxylation is 1. The number of aliphatic carboxylic acids is 1. The number of hydrogen-bond donors (Lipinski definition) is 1. The SMILES string of the molecule is CCOCc1cc(OC)c([C@@H]2CCc3c(CCC(=O)O)cccc32)c(OC)c1. The smallest absolute Gasteiger partial charge is 0.303 e. The van der Waals surface area contributed by atoms with Gasteiger partial charge in [-0.25, -0.2) is 0 Å². The zero-order chi connectivity index (χ0) is 20.1. The summed E-state index contributed by atoms with van der Waals surface area (Å²) in [5.41, 5.74) is 5.73. The summed E-state index contributed by atoms with van der Waals surface area (Å²) in [4.78, 5) is 11.0. The van der Waals surface area contributed by atoms with E-state index in [1.165, 1.54) is 11.1 Å². The van der Waals surface area contributed by atoms with Crippen LogP contribution in [0.4, 0.5) is 0 Å². The fraction of sp³-hybridized carbons (Fsp3) is 0.435. The normalized spacial score (nSPS) is 15.3. The van der Waals surface area contributed by atoms with E-state index in [1.54, 1.807) is 14.2 Å². The van der Waals surface area contributed by atoms with Crippen LogP contribution >= 0.6 is 0 Å². The van der Waals surface area contributed by atoms with Crippen LogP contribution in [0.15, 0.2) is 30.3 Å². The number of hydrogen-bond acceptors (Lipinski definition) is 4. The summed E-state index contributed by atoms with van der Waals surface area (Å²) in [5, 5.41) is 9.03. The lowest BCUT2D eigenvalue weighted by Gasteiger charge is -2.21. The molecule has 0 saturated carbocycles. The number of carbonyl (C=O) groups is 1. The van der Waals surface area contributed by atoms with Crippen molar-refractivity contribution < 1.29 is 24.1 Å². The van der Waals surface area contributed by atoms with E-state index < -0.39 is 5.97 Å². The number of benzene rings is 2. The van der Waals surface area contributed by atoms with Gasteiger partial charge < -0.3 is 19.3 Å². The quantitative estimate of drug-likeness (QED) is 0.697. The highest BCUT2D eigenvalue weighted by Crippen LogP contribution is 2.47. The molecule has 2 aromatic rings. The van der Waals surface area contributed by atoms with Crippen molar-refractivity contribution in [3.05, 3.63) is 58.1 Å². The molecule has 3 rings (SSSR count). The lowest BCUT2D eigenvalue weighted by molar-refractivity contribution is -0.136. The fourth-order valence-corrected chi connectivity index (χ4v) is 4.15. The molecule has 5 heteroatoms. The molecule has 0 unspecified atom stereocenters. The van der Waals surface area contributed by atoms with Crippen molar-refractivity contribution in [1.29, 1.82) is 0 Å². The molecule has 28 heavy (non-hydrogen) atoms. The Hall–Kier alpha value is -2.53. The zero-order valence-electron chi connectivity index (χ0n) is 16.8. The number of carboxylic acids is 1. The number of methoxy groups -OCH3 is 2. The van der Waals surface area contributed by atoms with Crippen LogP contribution in [0.3, 0.4) is 0 Å². The molecule has 1 aliphatic carbocycles. The van der Waals surface area contributed by atoms with Crippen LogP contribution in [0.2, 0.25) is 0 Å². The van der Waals surface area contributed by atoms with Crippen molar-refractivity contribution in [1.82, 2.24) is 0 Å². The van der Waals surface area contributed by atoms with Crippen molar-refractivity contribution >= 4 is 5.97 Å². The van der Waals surface area contributed by atoms with Gasteiger partial charge in [-0.3, -0.25) is 4.79 Å². The predicted octanol–water partition coefficient (Wildman–Crippen LogP) is 4.34. The Morgan fingerprint density at radius 3 is 2.50 bits per heavy atom. The molecule has 1 N–H and O–H groups in total. The zero-order valence-corrected chi connectivity index (χ0v) is 16.8. The van der Waals surface area contributed by atoms with Gasteiger partial charge in [-0.05, 0) is 60.6 Å². The van der Waals surface area contributed by atoms with Crippen LogP contribution in [0.25, 0.3) is 0 Å². The van der Waals surface area contributed by atoms with E-state index in [2.05, 4.69) is 6.07 Å². The first-order valence-corrected chi connectivity index (χ1v) is 9.74. The van der Waals surface area contributed by atoms with Gasteiger partial charge in [0, 0.05) is 24.5 Å². The third-order valence-electron chi connectivity index (χ3n) is 5.40. The molecule has 0 aliphatic heterocycles. The molecule has 1 atom stereocenters. The Bertz CT molecular complexity index is 818. The summed E-state index contributed by atoms with van der Waals surface area (Å²) in [6.45, 7) is 3.14. The molecular formula is C23H28O5. The van der Waals surface area contributed by atoms with Gasteiger partial charge in [-0.2, -0.15) is 0 Å². The largest absolute Gasteiger partial charge is 0.496 e. The summed E-state index contributed by atoms with van der Waals surface area (Å²) in [6, 6.07) is 10.3. The summed E-state index contributed by atoms with van der Waals surface area (Å²) >= 11 is 0. The second kappa shape index (κ2) is 9.11. The van der Waals surface area contributed by atoms with Gasteiger partial charge in [-0.1, -0.05) is 18.2 Å². The van der Waals surface area contributed by atoms with E-state index >= 15 is 0 Å². The molecule has 5 nitrogen and oxygen atoms in total. The minimum atomic E-state index is -0.764. The predicted molar refractivity (Wildman–Crippen MR) is 107 cm³/mol. The van der Waals surface area contributed by atoms with E-state index in [4.69, 9.17) is 19.3 Å². The van der Waals surface area contributed by atoms with Crippen molar-refractivity contribution in [2.45, 2.75) is 45.1 Å².